The molecule has 0 heterocycles. The first-order valence-corrected chi connectivity index (χ1v) is 7.84. The third-order valence-electron chi connectivity index (χ3n) is 3.31. The molecule has 6 heteroatoms. The zero-order valence-electron chi connectivity index (χ0n) is 13.8. The van der Waals surface area contributed by atoms with E-state index in [1.54, 1.807) is 60.7 Å². The van der Waals surface area contributed by atoms with E-state index >= 15 is 0 Å². The Morgan fingerprint density at radius 1 is 0.880 bits per heavy atom. The van der Waals surface area contributed by atoms with Gasteiger partial charge in [-0.1, -0.05) is 36.4 Å². The van der Waals surface area contributed by atoms with Crippen molar-refractivity contribution in [1.29, 1.82) is 0 Å². The van der Waals surface area contributed by atoms with Crippen molar-refractivity contribution in [2.45, 2.75) is 13.0 Å². The quantitative estimate of drug-likeness (QED) is 0.617. The van der Waals surface area contributed by atoms with E-state index in [4.69, 9.17) is 9.47 Å². The molecule has 1 atom stereocenters. The number of rotatable bonds is 7. The predicted molar refractivity (Wildman–Crippen MR) is 91.1 cm³/mol. The van der Waals surface area contributed by atoms with Gasteiger partial charge in [0.25, 0.3) is 5.91 Å². The van der Waals surface area contributed by atoms with E-state index in [2.05, 4.69) is 5.32 Å². The van der Waals surface area contributed by atoms with Gasteiger partial charge in [0.2, 0.25) is 0 Å². The van der Waals surface area contributed by atoms with Crippen LogP contribution in [0.3, 0.4) is 0 Å². The molecule has 0 bridgehead atoms. The molecule has 2 aromatic carbocycles. The van der Waals surface area contributed by atoms with Gasteiger partial charge in [-0.2, -0.15) is 0 Å². The van der Waals surface area contributed by atoms with E-state index in [1.807, 2.05) is 0 Å². The van der Waals surface area contributed by atoms with Crippen molar-refractivity contribution in [3.05, 3.63) is 71.8 Å². The van der Waals surface area contributed by atoms with Crippen LogP contribution in [0.1, 0.15) is 27.6 Å². The molecule has 2 rings (SSSR count). The number of carbonyl (C=O) groups excluding carboxylic acids is 3. The summed E-state index contributed by atoms with van der Waals surface area (Å²) in [6.45, 7) is 1.63. The van der Waals surface area contributed by atoms with Crippen LogP contribution in [0.15, 0.2) is 60.7 Å². The highest BCUT2D eigenvalue weighted by Crippen LogP contribution is 2.04. The lowest BCUT2D eigenvalue weighted by molar-refractivity contribution is -0.129. The zero-order chi connectivity index (χ0) is 18.1. The number of carbonyl (C=O) groups is 3. The molecule has 25 heavy (non-hydrogen) atoms. The standard InChI is InChI=1S/C19H19NO5/c1-14(25-19(23)16-10-6-3-7-11-16)17(21)20-12-13-24-18(22)15-8-4-2-5-9-15/h2-11,14H,12-13H2,1H3,(H,20,21)/t14-/m0/s1. The molecular formula is C19H19NO5. The monoisotopic (exact) mass is 341 g/mol. The summed E-state index contributed by atoms with van der Waals surface area (Å²) in [4.78, 5) is 35.5. The first-order valence-electron chi connectivity index (χ1n) is 7.84. The van der Waals surface area contributed by atoms with Crippen molar-refractivity contribution in [3.8, 4) is 0 Å². The normalized spacial score (nSPS) is 11.2. The summed E-state index contributed by atoms with van der Waals surface area (Å²) in [7, 11) is 0. The molecule has 0 unspecified atom stereocenters. The van der Waals surface area contributed by atoms with Gasteiger partial charge in [0.15, 0.2) is 6.10 Å². The Bertz CT molecular complexity index is 715. The first kappa shape index (κ1) is 18.2. The molecule has 0 aliphatic carbocycles. The number of benzene rings is 2. The third kappa shape index (κ3) is 5.76. The Morgan fingerprint density at radius 2 is 1.40 bits per heavy atom. The topological polar surface area (TPSA) is 81.7 Å². The maximum Gasteiger partial charge on any atom is 0.338 e. The highest BCUT2D eigenvalue weighted by molar-refractivity contribution is 5.92. The maximum atomic E-state index is 11.9. The van der Waals surface area contributed by atoms with Gasteiger partial charge in [-0.25, -0.2) is 9.59 Å². The number of esters is 2. The second-order valence-electron chi connectivity index (χ2n) is 5.21. The Hall–Kier alpha value is -3.15. The van der Waals surface area contributed by atoms with Crippen LogP contribution in [0.4, 0.5) is 0 Å². The fraction of sp³-hybridized carbons (Fsp3) is 0.211. The molecule has 0 aliphatic heterocycles. The highest BCUT2D eigenvalue weighted by Gasteiger charge is 2.18. The number of nitrogens with one attached hydrogen (secondary N) is 1. The lowest BCUT2D eigenvalue weighted by Crippen LogP contribution is -2.37. The minimum atomic E-state index is -0.947. The second kappa shape index (κ2) is 9.22. The van der Waals surface area contributed by atoms with Crippen molar-refractivity contribution < 1.29 is 23.9 Å². The molecule has 1 N–H and O–H groups in total. The van der Waals surface area contributed by atoms with Crippen molar-refractivity contribution in [3.63, 3.8) is 0 Å². The van der Waals surface area contributed by atoms with E-state index in [0.29, 0.717) is 11.1 Å². The van der Waals surface area contributed by atoms with Gasteiger partial charge in [-0.05, 0) is 31.2 Å². The van der Waals surface area contributed by atoms with Gasteiger partial charge in [0.05, 0.1) is 17.7 Å². The molecule has 0 spiro atoms. The van der Waals surface area contributed by atoms with Gasteiger partial charge < -0.3 is 14.8 Å². The van der Waals surface area contributed by atoms with Crippen LogP contribution in [0.2, 0.25) is 0 Å². The SMILES string of the molecule is C[C@H](OC(=O)c1ccccc1)C(=O)NCCOC(=O)c1ccccc1. The van der Waals surface area contributed by atoms with E-state index in [9.17, 15) is 14.4 Å². The molecule has 6 nitrogen and oxygen atoms in total. The molecule has 0 saturated carbocycles. The zero-order valence-corrected chi connectivity index (χ0v) is 13.8. The number of ether oxygens (including phenoxy) is 2. The van der Waals surface area contributed by atoms with Crippen LogP contribution >= 0.6 is 0 Å². The maximum absolute atomic E-state index is 11.9. The summed E-state index contributed by atoms with van der Waals surface area (Å²) in [6.07, 6.45) is -0.947. The molecule has 0 aliphatic rings. The Balaban J connectivity index is 1.69. The first-order chi connectivity index (χ1) is 12.1. The molecular weight excluding hydrogens is 322 g/mol. The lowest BCUT2D eigenvalue weighted by Gasteiger charge is -2.13. The summed E-state index contributed by atoms with van der Waals surface area (Å²) in [6, 6.07) is 17.0. The number of hydrogen-bond acceptors (Lipinski definition) is 5. The molecule has 2 aromatic rings. The van der Waals surface area contributed by atoms with Gasteiger partial charge >= 0.3 is 11.9 Å². The van der Waals surface area contributed by atoms with Crippen molar-refractivity contribution in [2.24, 2.45) is 0 Å². The third-order valence-corrected chi connectivity index (χ3v) is 3.31. The van der Waals surface area contributed by atoms with Gasteiger partial charge in [-0.15, -0.1) is 0 Å². The fourth-order valence-electron chi connectivity index (χ4n) is 1.98. The lowest BCUT2D eigenvalue weighted by atomic mass is 10.2. The van der Waals surface area contributed by atoms with Crippen LogP contribution in [-0.4, -0.2) is 37.1 Å². The summed E-state index contributed by atoms with van der Waals surface area (Å²) in [5, 5.41) is 2.55. The van der Waals surface area contributed by atoms with Crippen LogP contribution in [0, 0.1) is 0 Å². The van der Waals surface area contributed by atoms with Crippen molar-refractivity contribution in [1.82, 2.24) is 5.32 Å². The van der Waals surface area contributed by atoms with E-state index in [0.717, 1.165) is 0 Å². The Labute approximate surface area is 145 Å². The van der Waals surface area contributed by atoms with Gasteiger partial charge in [0.1, 0.15) is 6.61 Å². The summed E-state index contributed by atoms with van der Waals surface area (Å²) < 4.78 is 10.1. The smallest absolute Gasteiger partial charge is 0.338 e. The van der Waals surface area contributed by atoms with E-state index < -0.39 is 23.9 Å². The molecule has 130 valence electrons. The average Bonchev–Trinajstić information content (AvgIpc) is 2.66. The van der Waals surface area contributed by atoms with Gasteiger partial charge in [0, 0.05) is 0 Å². The van der Waals surface area contributed by atoms with Crippen LogP contribution < -0.4 is 5.32 Å². The van der Waals surface area contributed by atoms with Crippen LogP contribution in [-0.2, 0) is 14.3 Å². The van der Waals surface area contributed by atoms with E-state index in [-0.39, 0.29) is 13.2 Å². The Morgan fingerprint density at radius 3 is 1.96 bits per heavy atom. The second-order valence-corrected chi connectivity index (χ2v) is 5.21. The molecule has 1 amide bonds. The van der Waals surface area contributed by atoms with Crippen molar-refractivity contribution >= 4 is 17.8 Å². The summed E-state index contributed by atoms with van der Waals surface area (Å²) >= 11 is 0. The molecule has 0 saturated heterocycles. The van der Waals surface area contributed by atoms with E-state index in [1.165, 1.54) is 6.92 Å². The van der Waals surface area contributed by atoms with Crippen LogP contribution in [0.5, 0.6) is 0 Å². The molecule has 0 radical (unpaired) electrons. The largest absolute Gasteiger partial charge is 0.460 e. The molecule has 0 aromatic heterocycles. The number of amides is 1. The minimum Gasteiger partial charge on any atom is -0.460 e. The highest BCUT2D eigenvalue weighted by atomic mass is 16.5. The molecule has 0 fully saturated rings. The predicted octanol–water partition coefficient (Wildman–Crippen LogP) is 2.21. The fourth-order valence-corrected chi connectivity index (χ4v) is 1.98. The Kier molecular flexibility index (Phi) is 6.71. The summed E-state index contributed by atoms with van der Waals surface area (Å²) in [5.41, 5.74) is 0.818. The average molecular weight is 341 g/mol. The van der Waals surface area contributed by atoms with Crippen molar-refractivity contribution in [2.75, 3.05) is 13.2 Å². The summed E-state index contributed by atoms with van der Waals surface area (Å²) in [5.74, 6) is -1.49. The number of hydrogen-bond donors (Lipinski definition) is 1. The van der Waals surface area contributed by atoms with Crippen LogP contribution in [0.25, 0.3) is 0 Å². The van der Waals surface area contributed by atoms with Gasteiger partial charge in [-0.3, -0.25) is 4.79 Å². The minimum absolute atomic E-state index is 0.0266.